The Morgan fingerprint density at radius 3 is 2.62 bits per heavy atom. The summed E-state index contributed by atoms with van der Waals surface area (Å²) < 4.78 is 0. The van der Waals surface area contributed by atoms with E-state index in [4.69, 9.17) is 11.6 Å². The predicted octanol–water partition coefficient (Wildman–Crippen LogP) is 3.64. The summed E-state index contributed by atoms with van der Waals surface area (Å²) in [4.78, 5) is 39.2. The lowest BCUT2D eigenvalue weighted by Gasteiger charge is -2.07. The quantitative estimate of drug-likeness (QED) is 0.714. The molecule has 3 rings (SSSR count). The van der Waals surface area contributed by atoms with Gasteiger partial charge in [0.05, 0.1) is 10.5 Å². The van der Waals surface area contributed by atoms with Crippen LogP contribution in [0.4, 0.5) is 5.69 Å². The van der Waals surface area contributed by atoms with Crippen molar-refractivity contribution in [2.75, 3.05) is 5.32 Å². The van der Waals surface area contributed by atoms with Crippen LogP contribution in [0.15, 0.2) is 53.5 Å². The molecule has 1 aromatic heterocycles. The number of hydrogen-bond donors (Lipinski definition) is 2. The predicted molar refractivity (Wildman–Crippen MR) is 94.0 cm³/mol. The highest BCUT2D eigenvalue weighted by Gasteiger charge is 2.14. The average Bonchev–Trinajstić information content (AvgIpc) is 2.56. The number of amides is 1. The minimum absolute atomic E-state index is 0.0296. The standard InChI is InChI=1S/C18H13ClN2O3/c1-10(22)11-4-2-5-12(8-11)21-18(24)14-9-20-16-13(17(14)23)6-3-7-15(16)19/h2-9H,1H3,(H,20,23)(H,21,24). The third-order valence-corrected chi connectivity index (χ3v) is 3.95. The van der Waals surface area contributed by atoms with Gasteiger partial charge in [-0.05, 0) is 31.2 Å². The van der Waals surface area contributed by atoms with Gasteiger partial charge in [-0.3, -0.25) is 14.4 Å². The van der Waals surface area contributed by atoms with E-state index >= 15 is 0 Å². The molecule has 120 valence electrons. The molecule has 0 spiro atoms. The monoisotopic (exact) mass is 340 g/mol. The number of carbonyl (C=O) groups is 2. The van der Waals surface area contributed by atoms with E-state index in [-0.39, 0.29) is 11.3 Å². The maximum absolute atomic E-state index is 12.5. The van der Waals surface area contributed by atoms with Crippen molar-refractivity contribution in [2.24, 2.45) is 0 Å². The van der Waals surface area contributed by atoms with Gasteiger partial charge in [0.1, 0.15) is 5.56 Å². The molecule has 0 saturated heterocycles. The van der Waals surface area contributed by atoms with Crippen LogP contribution in [0.5, 0.6) is 0 Å². The third-order valence-electron chi connectivity index (χ3n) is 3.64. The number of hydrogen-bond acceptors (Lipinski definition) is 3. The van der Waals surface area contributed by atoms with Crippen LogP contribution < -0.4 is 10.7 Å². The van der Waals surface area contributed by atoms with Gasteiger partial charge in [0.25, 0.3) is 5.91 Å². The Balaban J connectivity index is 1.98. The summed E-state index contributed by atoms with van der Waals surface area (Å²) in [5.41, 5.74) is 0.967. The molecule has 2 aromatic carbocycles. The number of para-hydroxylation sites is 1. The van der Waals surface area contributed by atoms with Crippen molar-refractivity contribution < 1.29 is 9.59 Å². The lowest BCUT2D eigenvalue weighted by atomic mass is 10.1. The number of aromatic amines is 1. The third kappa shape index (κ3) is 2.94. The number of fused-ring (bicyclic) bond motifs is 1. The first-order valence-electron chi connectivity index (χ1n) is 7.19. The number of anilines is 1. The Labute approximate surface area is 142 Å². The minimum Gasteiger partial charge on any atom is -0.359 e. The average molecular weight is 341 g/mol. The molecule has 0 aliphatic carbocycles. The number of pyridine rings is 1. The molecular formula is C18H13ClN2O3. The van der Waals surface area contributed by atoms with Crippen molar-refractivity contribution in [3.05, 3.63) is 75.0 Å². The molecule has 0 unspecified atom stereocenters. The number of H-pyrrole nitrogens is 1. The Morgan fingerprint density at radius 1 is 1.12 bits per heavy atom. The van der Waals surface area contributed by atoms with Crippen LogP contribution in [0.25, 0.3) is 10.9 Å². The van der Waals surface area contributed by atoms with E-state index in [1.165, 1.54) is 13.1 Å². The lowest BCUT2D eigenvalue weighted by molar-refractivity contribution is 0.101. The lowest BCUT2D eigenvalue weighted by Crippen LogP contribution is -2.22. The van der Waals surface area contributed by atoms with Crippen molar-refractivity contribution >= 4 is 39.9 Å². The first kappa shape index (κ1) is 16.0. The summed E-state index contributed by atoms with van der Waals surface area (Å²) in [5.74, 6) is -0.664. The van der Waals surface area contributed by atoms with Crippen LogP contribution in [-0.4, -0.2) is 16.7 Å². The van der Waals surface area contributed by atoms with Crippen LogP contribution >= 0.6 is 11.6 Å². The summed E-state index contributed by atoms with van der Waals surface area (Å²) in [7, 11) is 0. The highest BCUT2D eigenvalue weighted by molar-refractivity contribution is 6.35. The van der Waals surface area contributed by atoms with E-state index in [1.807, 2.05) is 0 Å². The number of rotatable bonds is 3. The van der Waals surface area contributed by atoms with Gasteiger partial charge in [0, 0.05) is 22.8 Å². The molecule has 3 aromatic rings. The number of carbonyl (C=O) groups excluding carboxylic acids is 2. The van der Waals surface area contributed by atoms with E-state index in [0.717, 1.165) is 0 Å². The van der Waals surface area contributed by atoms with Crippen LogP contribution in [0.2, 0.25) is 5.02 Å². The normalized spacial score (nSPS) is 10.6. The van der Waals surface area contributed by atoms with Gasteiger partial charge >= 0.3 is 0 Å². The number of halogens is 1. The highest BCUT2D eigenvalue weighted by atomic mass is 35.5. The number of nitrogens with one attached hydrogen (secondary N) is 2. The summed E-state index contributed by atoms with van der Waals surface area (Å²) >= 11 is 6.04. The second-order valence-electron chi connectivity index (χ2n) is 5.28. The summed E-state index contributed by atoms with van der Waals surface area (Å²) in [6.45, 7) is 1.44. The molecule has 0 saturated carbocycles. The molecular weight excluding hydrogens is 328 g/mol. The van der Waals surface area contributed by atoms with Crippen molar-refractivity contribution in [3.63, 3.8) is 0 Å². The number of aromatic nitrogens is 1. The van der Waals surface area contributed by atoms with E-state index in [0.29, 0.717) is 27.2 Å². The molecule has 0 fully saturated rings. The van der Waals surface area contributed by atoms with Gasteiger partial charge in [-0.25, -0.2) is 0 Å². The maximum Gasteiger partial charge on any atom is 0.261 e. The summed E-state index contributed by atoms with van der Waals surface area (Å²) in [6, 6.07) is 11.4. The topological polar surface area (TPSA) is 79.0 Å². The molecule has 24 heavy (non-hydrogen) atoms. The second kappa shape index (κ2) is 6.29. The zero-order chi connectivity index (χ0) is 17.3. The van der Waals surface area contributed by atoms with Gasteiger partial charge in [-0.2, -0.15) is 0 Å². The van der Waals surface area contributed by atoms with Gasteiger partial charge < -0.3 is 10.3 Å². The van der Waals surface area contributed by atoms with Crippen LogP contribution in [0.1, 0.15) is 27.6 Å². The molecule has 0 aliphatic heterocycles. The van der Waals surface area contributed by atoms with Gasteiger partial charge in [0.15, 0.2) is 5.78 Å². The van der Waals surface area contributed by atoms with E-state index in [2.05, 4.69) is 10.3 Å². The van der Waals surface area contributed by atoms with E-state index < -0.39 is 11.3 Å². The zero-order valence-corrected chi connectivity index (χ0v) is 13.5. The molecule has 5 nitrogen and oxygen atoms in total. The number of benzene rings is 2. The molecule has 1 amide bonds. The summed E-state index contributed by atoms with van der Waals surface area (Å²) in [6.07, 6.45) is 1.33. The zero-order valence-electron chi connectivity index (χ0n) is 12.7. The maximum atomic E-state index is 12.5. The Morgan fingerprint density at radius 2 is 1.88 bits per heavy atom. The van der Waals surface area contributed by atoms with E-state index in [1.54, 1.807) is 42.5 Å². The minimum atomic E-state index is -0.557. The highest BCUT2D eigenvalue weighted by Crippen LogP contribution is 2.19. The Bertz CT molecular complexity index is 1020. The second-order valence-corrected chi connectivity index (χ2v) is 5.69. The van der Waals surface area contributed by atoms with Crippen molar-refractivity contribution in [1.29, 1.82) is 0 Å². The molecule has 1 heterocycles. The molecule has 0 radical (unpaired) electrons. The fourth-order valence-electron chi connectivity index (χ4n) is 2.40. The molecule has 0 bridgehead atoms. The van der Waals surface area contributed by atoms with Crippen molar-refractivity contribution in [3.8, 4) is 0 Å². The van der Waals surface area contributed by atoms with Crippen LogP contribution in [-0.2, 0) is 0 Å². The Hall–Kier alpha value is -2.92. The van der Waals surface area contributed by atoms with Crippen molar-refractivity contribution in [1.82, 2.24) is 4.98 Å². The van der Waals surface area contributed by atoms with E-state index in [9.17, 15) is 14.4 Å². The Kier molecular flexibility index (Phi) is 4.18. The number of ketones is 1. The van der Waals surface area contributed by atoms with Crippen molar-refractivity contribution in [2.45, 2.75) is 6.92 Å². The fourth-order valence-corrected chi connectivity index (χ4v) is 2.63. The SMILES string of the molecule is CC(=O)c1cccc(NC(=O)c2c[nH]c3c(Cl)cccc3c2=O)c1. The molecule has 6 heteroatoms. The molecule has 2 N–H and O–H groups in total. The fraction of sp³-hybridized carbons (Fsp3) is 0.0556. The van der Waals surface area contributed by atoms with Crippen LogP contribution in [0.3, 0.4) is 0 Å². The first-order chi connectivity index (χ1) is 11.5. The molecule has 0 aliphatic rings. The number of Topliss-reactive ketones (excluding diaryl/α,β-unsaturated/α-hetero) is 1. The van der Waals surface area contributed by atoms with Gasteiger partial charge in [-0.15, -0.1) is 0 Å². The van der Waals surface area contributed by atoms with Gasteiger partial charge in [-0.1, -0.05) is 29.8 Å². The van der Waals surface area contributed by atoms with Gasteiger partial charge in [0.2, 0.25) is 5.43 Å². The smallest absolute Gasteiger partial charge is 0.261 e. The first-order valence-corrected chi connectivity index (χ1v) is 7.57. The van der Waals surface area contributed by atoms with Crippen LogP contribution in [0, 0.1) is 0 Å². The summed E-state index contributed by atoms with van der Waals surface area (Å²) in [5, 5.41) is 3.38. The molecule has 0 atom stereocenters. The largest absolute Gasteiger partial charge is 0.359 e.